The van der Waals surface area contributed by atoms with E-state index >= 15 is 0 Å². The molecule has 3 rings (SSSR count). The van der Waals surface area contributed by atoms with E-state index in [0.29, 0.717) is 35.6 Å². The van der Waals surface area contributed by atoms with E-state index in [9.17, 15) is 10.2 Å². The van der Waals surface area contributed by atoms with Crippen LogP contribution in [0.1, 0.15) is 43.4 Å². The summed E-state index contributed by atoms with van der Waals surface area (Å²) >= 11 is 3.48. The zero-order valence-electron chi connectivity index (χ0n) is 13.9. The predicted octanol–water partition coefficient (Wildman–Crippen LogP) is 4.90. The van der Waals surface area contributed by atoms with Gasteiger partial charge >= 0.3 is 0 Å². The molecule has 1 unspecified atom stereocenters. The average molecular weight is 406 g/mol. The summed E-state index contributed by atoms with van der Waals surface area (Å²) in [7, 11) is 0. The standard InChI is InChI=1S/C19H20BrNO4/c1-2-3-8-24-19-11-17(23)13(9-14(19)20)15-10-18(25-21-15)12-6-4-5-7-16(12)22/h4-7,9,11,18,22-23H,2-3,8,10H2,1H3. The molecule has 0 spiro atoms. The lowest BCUT2D eigenvalue weighted by atomic mass is 9.99. The third-order valence-corrected chi connectivity index (χ3v) is 4.69. The van der Waals surface area contributed by atoms with Gasteiger partial charge in [-0.2, -0.15) is 0 Å². The number of phenols is 2. The molecule has 0 saturated carbocycles. The van der Waals surface area contributed by atoms with E-state index in [1.807, 2.05) is 6.07 Å². The van der Waals surface area contributed by atoms with Gasteiger partial charge in [-0.05, 0) is 34.5 Å². The second kappa shape index (κ2) is 7.78. The van der Waals surface area contributed by atoms with Gasteiger partial charge in [-0.3, -0.25) is 0 Å². The van der Waals surface area contributed by atoms with Gasteiger partial charge in [-0.25, -0.2) is 0 Å². The van der Waals surface area contributed by atoms with Crippen LogP contribution in [-0.4, -0.2) is 22.5 Å². The van der Waals surface area contributed by atoms with E-state index < -0.39 is 0 Å². The van der Waals surface area contributed by atoms with Crippen LogP contribution in [0.25, 0.3) is 0 Å². The molecule has 0 bridgehead atoms. The van der Waals surface area contributed by atoms with Crippen molar-refractivity contribution in [3.8, 4) is 17.2 Å². The summed E-state index contributed by atoms with van der Waals surface area (Å²) in [6.45, 7) is 2.70. The summed E-state index contributed by atoms with van der Waals surface area (Å²) in [5, 5.41) is 24.4. The van der Waals surface area contributed by atoms with Crippen LogP contribution in [-0.2, 0) is 4.84 Å². The highest BCUT2D eigenvalue weighted by Gasteiger charge is 2.28. The number of benzene rings is 2. The van der Waals surface area contributed by atoms with Crippen LogP contribution < -0.4 is 4.74 Å². The van der Waals surface area contributed by atoms with Gasteiger partial charge in [0.1, 0.15) is 17.2 Å². The minimum absolute atomic E-state index is 0.0926. The Morgan fingerprint density at radius 2 is 2.04 bits per heavy atom. The minimum atomic E-state index is -0.366. The van der Waals surface area contributed by atoms with Crippen LogP contribution in [0, 0.1) is 0 Å². The smallest absolute Gasteiger partial charge is 0.161 e. The Morgan fingerprint density at radius 1 is 1.24 bits per heavy atom. The highest BCUT2D eigenvalue weighted by atomic mass is 79.9. The van der Waals surface area contributed by atoms with Gasteiger partial charge in [0.15, 0.2) is 6.10 Å². The summed E-state index contributed by atoms with van der Waals surface area (Å²) in [4.78, 5) is 5.46. The van der Waals surface area contributed by atoms with Crippen molar-refractivity contribution < 1.29 is 19.8 Å². The van der Waals surface area contributed by atoms with Crippen LogP contribution in [0.3, 0.4) is 0 Å². The third kappa shape index (κ3) is 3.90. The van der Waals surface area contributed by atoms with Crippen molar-refractivity contribution in [2.75, 3.05) is 6.61 Å². The molecular weight excluding hydrogens is 386 g/mol. The number of para-hydroxylation sites is 1. The molecule has 0 aromatic heterocycles. The van der Waals surface area contributed by atoms with Crippen LogP contribution in [0.2, 0.25) is 0 Å². The predicted molar refractivity (Wildman–Crippen MR) is 99.3 cm³/mol. The Bertz CT molecular complexity index is 791. The van der Waals surface area contributed by atoms with Crippen LogP contribution in [0.4, 0.5) is 0 Å². The summed E-state index contributed by atoms with van der Waals surface area (Å²) in [6.07, 6.45) is 2.10. The first-order valence-electron chi connectivity index (χ1n) is 8.26. The van der Waals surface area contributed by atoms with E-state index in [1.54, 1.807) is 30.3 Å². The van der Waals surface area contributed by atoms with Gasteiger partial charge in [0.25, 0.3) is 0 Å². The maximum Gasteiger partial charge on any atom is 0.161 e. The summed E-state index contributed by atoms with van der Waals surface area (Å²) < 4.78 is 6.43. The third-order valence-electron chi connectivity index (χ3n) is 4.07. The molecule has 6 heteroatoms. The first-order valence-corrected chi connectivity index (χ1v) is 9.05. The summed E-state index contributed by atoms with van der Waals surface area (Å²) in [5.74, 6) is 0.871. The number of nitrogens with zero attached hydrogens (tertiary/aromatic N) is 1. The zero-order chi connectivity index (χ0) is 17.8. The largest absolute Gasteiger partial charge is 0.508 e. The molecule has 5 nitrogen and oxygen atoms in total. The Hall–Kier alpha value is -2.21. The number of halogens is 1. The van der Waals surface area contributed by atoms with E-state index in [0.717, 1.165) is 17.3 Å². The minimum Gasteiger partial charge on any atom is -0.508 e. The fourth-order valence-corrected chi connectivity index (χ4v) is 3.13. The van der Waals surface area contributed by atoms with Gasteiger partial charge in [0, 0.05) is 23.6 Å². The monoisotopic (exact) mass is 405 g/mol. The molecule has 132 valence electrons. The lowest BCUT2D eigenvalue weighted by Crippen LogP contribution is -2.03. The molecule has 0 radical (unpaired) electrons. The van der Waals surface area contributed by atoms with Gasteiger partial charge in [0.05, 0.1) is 16.8 Å². The van der Waals surface area contributed by atoms with Crippen molar-refractivity contribution >= 4 is 21.6 Å². The highest BCUT2D eigenvalue weighted by Crippen LogP contribution is 2.38. The second-order valence-electron chi connectivity index (χ2n) is 5.90. The Kier molecular flexibility index (Phi) is 5.48. The first-order chi connectivity index (χ1) is 12.1. The molecule has 25 heavy (non-hydrogen) atoms. The van der Waals surface area contributed by atoms with E-state index in [1.165, 1.54) is 0 Å². The molecule has 2 aromatic rings. The normalized spacial score (nSPS) is 16.4. The molecule has 2 aromatic carbocycles. The van der Waals surface area contributed by atoms with Crippen molar-refractivity contribution in [2.45, 2.75) is 32.3 Å². The quantitative estimate of drug-likeness (QED) is 0.670. The van der Waals surface area contributed by atoms with Gasteiger partial charge in [-0.15, -0.1) is 0 Å². The van der Waals surface area contributed by atoms with Crippen LogP contribution in [0.15, 0.2) is 46.0 Å². The second-order valence-corrected chi connectivity index (χ2v) is 6.75. The number of hydrogen-bond donors (Lipinski definition) is 2. The molecular formula is C19H20BrNO4. The molecule has 2 N–H and O–H groups in total. The molecule has 0 amide bonds. The Balaban J connectivity index is 1.77. The maximum absolute atomic E-state index is 10.4. The van der Waals surface area contributed by atoms with Crippen molar-refractivity contribution in [1.82, 2.24) is 0 Å². The number of aromatic hydroxyl groups is 2. The molecule has 0 aliphatic carbocycles. The molecule has 1 heterocycles. The molecule has 0 saturated heterocycles. The van der Waals surface area contributed by atoms with Gasteiger partial charge in [0.2, 0.25) is 0 Å². The summed E-state index contributed by atoms with van der Waals surface area (Å²) in [6, 6.07) is 10.4. The fraction of sp³-hybridized carbons (Fsp3) is 0.316. The van der Waals surface area contributed by atoms with E-state index in [-0.39, 0.29) is 17.6 Å². The van der Waals surface area contributed by atoms with Crippen LogP contribution in [0.5, 0.6) is 17.2 Å². The number of ether oxygens (including phenoxy) is 1. The van der Waals surface area contributed by atoms with Crippen molar-refractivity contribution in [1.29, 1.82) is 0 Å². The van der Waals surface area contributed by atoms with E-state index in [2.05, 4.69) is 28.0 Å². The fourth-order valence-electron chi connectivity index (χ4n) is 2.67. The molecule has 1 atom stereocenters. The molecule has 1 aliphatic heterocycles. The maximum atomic E-state index is 10.4. The average Bonchev–Trinajstić information content (AvgIpc) is 3.08. The zero-order valence-corrected chi connectivity index (χ0v) is 15.5. The lowest BCUT2D eigenvalue weighted by Gasteiger charge is -2.12. The van der Waals surface area contributed by atoms with Crippen molar-refractivity contribution in [2.24, 2.45) is 5.16 Å². The number of oxime groups is 1. The topological polar surface area (TPSA) is 71.3 Å². The van der Waals surface area contributed by atoms with Gasteiger partial charge < -0.3 is 19.8 Å². The van der Waals surface area contributed by atoms with Crippen molar-refractivity contribution in [3.63, 3.8) is 0 Å². The van der Waals surface area contributed by atoms with E-state index in [4.69, 9.17) is 9.57 Å². The highest BCUT2D eigenvalue weighted by molar-refractivity contribution is 9.10. The molecule has 1 aliphatic rings. The Labute approximate surface area is 155 Å². The Morgan fingerprint density at radius 3 is 2.80 bits per heavy atom. The number of unbranched alkanes of at least 4 members (excludes halogenated alkanes) is 1. The van der Waals surface area contributed by atoms with Gasteiger partial charge in [-0.1, -0.05) is 36.7 Å². The SMILES string of the molecule is CCCCOc1cc(O)c(C2=NOC(c3ccccc3O)C2)cc1Br. The van der Waals surface area contributed by atoms with Crippen molar-refractivity contribution in [3.05, 3.63) is 52.0 Å². The summed E-state index contributed by atoms with van der Waals surface area (Å²) in [5.41, 5.74) is 1.90. The van der Waals surface area contributed by atoms with Crippen LogP contribution >= 0.6 is 15.9 Å². The number of hydrogen-bond acceptors (Lipinski definition) is 5. The molecule has 0 fully saturated rings. The number of phenolic OH excluding ortho intramolecular Hbond substituents is 2. The lowest BCUT2D eigenvalue weighted by molar-refractivity contribution is 0.0838. The first kappa shape index (κ1) is 17.6. The number of rotatable bonds is 6.